The number of nitrogens with one attached hydrogen (secondary N) is 1. The highest BCUT2D eigenvalue weighted by Gasteiger charge is 2.43. The monoisotopic (exact) mass is 321 g/mol. The molecule has 1 amide bonds. The van der Waals surface area contributed by atoms with E-state index in [1.807, 2.05) is 44.2 Å². The Kier molecular flexibility index (Phi) is 7.25. The van der Waals surface area contributed by atoms with Crippen molar-refractivity contribution in [2.24, 2.45) is 0 Å². The first-order chi connectivity index (χ1) is 10.8. The summed E-state index contributed by atoms with van der Waals surface area (Å²) in [5.74, 6) is -0.453. The Morgan fingerprint density at radius 2 is 1.70 bits per heavy atom. The molecule has 0 aromatic heterocycles. The summed E-state index contributed by atoms with van der Waals surface area (Å²) in [7, 11) is 0. The van der Waals surface area contributed by atoms with Crippen molar-refractivity contribution in [3.8, 4) is 0 Å². The van der Waals surface area contributed by atoms with Crippen LogP contribution >= 0.6 is 0 Å². The Labute approximate surface area is 136 Å². The molecule has 0 unspecified atom stereocenters. The molecule has 2 rings (SSSR count). The molecule has 1 fully saturated rings. The van der Waals surface area contributed by atoms with E-state index < -0.39 is 0 Å². The minimum absolute atomic E-state index is 0.155. The maximum Gasteiger partial charge on any atom is 0.306 e. The van der Waals surface area contributed by atoms with Crippen LogP contribution in [0, 0.1) is 0 Å². The summed E-state index contributed by atoms with van der Waals surface area (Å²) >= 11 is 0. The van der Waals surface area contributed by atoms with Crippen molar-refractivity contribution in [2.45, 2.75) is 45.8 Å². The number of hydrogen-bond acceptors (Lipinski definition) is 5. The quantitative estimate of drug-likeness (QED) is 0.491. The number of amides is 1. The zero-order valence-electron chi connectivity index (χ0n) is 13.8. The van der Waals surface area contributed by atoms with Gasteiger partial charge < -0.3 is 14.8 Å². The summed E-state index contributed by atoms with van der Waals surface area (Å²) in [6.45, 7) is 5.60. The lowest BCUT2D eigenvalue weighted by Gasteiger charge is -2.05. The molecule has 0 bridgehead atoms. The molecule has 126 valence electrons. The predicted molar refractivity (Wildman–Crippen MR) is 84.3 cm³/mol. The van der Waals surface area contributed by atoms with Crippen LogP contribution in [0.3, 0.4) is 0 Å². The largest absolute Gasteiger partial charge is 0.466 e. The van der Waals surface area contributed by atoms with Crippen LogP contribution in [0.2, 0.25) is 0 Å². The van der Waals surface area contributed by atoms with Gasteiger partial charge in [0.1, 0.15) is 12.1 Å². The van der Waals surface area contributed by atoms with Crippen LogP contribution in [0.15, 0.2) is 30.3 Å². The van der Waals surface area contributed by atoms with Gasteiger partial charge in [-0.3, -0.25) is 14.4 Å². The minimum Gasteiger partial charge on any atom is -0.466 e. The van der Waals surface area contributed by atoms with Gasteiger partial charge in [-0.25, -0.2) is 0 Å². The second-order valence-corrected chi connectivity index (χ2v) is 5.67. The first-order valence-electron chi connectivity index (χ1n) is 7.47. The summed E-state index contributed by atoms with van der Waals surface area (Å²) in [5.41, 5.74) is 0.779. The van der Waals surface area contributed by atoms with Gasteiger partial charge in [-0.05, 0) is 25.8 Å². The van der Waals surface area contributed by atoms with Crippen LogP contribution in [0.5, 0.6) is 0 Å². The summed E-state index contributed by atoms with van der Waals surface area (Å²) in [5, 5.41) is 2.63. The van der Waals surface area contributed by atoms with E-state index in [2.05, 4.69) is 5.32 Å². The third-order valence-electron chi connectivity index (χ3n) is 3.00. The zero-order chi connectivity index (χ0) is 17.3. The van der Waals surface area contributed by atoms with Crippen molar-refractivity contribution in [3.63, 3.8) is 0 Å². The van der Waals surface area contributed by atoms with Gasteiger partial charge in [0.25, 0.3) is 0 Å². The molecular formula is C17H23NO5. The average Bonchev–Trinajstić information content (AvgIpc) is 3.07. The highest BCUT2D eigenvalue weighted by atomic mass is 16.5. The fourth-order valence-electron chi connectivity index (χ4n) is 1.50. The fourth-order valence-corrected chi connectivity index (χ4v) is 1.50. The first-order valence-corrected chi connectivity index (χ1v) is 7.47. The van der Waals surface area contributed by atoms with Gasteiger partial charge in [-0.2, -0.15) is 0 Å². The molecule has 1 saturated heterocycles. The molecule has 1 heterocycles. The molecular weight excluding hydrogens is 298 g/mol. The molecule has 0 radical (unpaired) electrons. The van der Waals surface area contributed by atoms with Gasteiger partial charge in [0.05, 0.1) is 6.61 Å². The lowest BCUT2D eigenvalue weighted by Crippen LogP contribution is -2.07. The minimum atomic E-state index is -0.331. The molecule has 0 spiro atoms. The maximum absolute atomic E-state index is 11.3. The van der Waals surface area contributed by atoms with Crippen LogP contribution in [-0.2, 0) is 30.5 Å². The van der Waals surface area contributed by atoms with Crippen LogP contribution in [0.1, 0.15) is 39.2 Å². The van der Waals surface area contributed by atoms with E-state index in [-0.39, 0.29) is 43.0 Å². The topological polar surface area (TPSA) is 91.6 Å². The molecule has 6 heteroatoms. The highest BCUT2D eigenvalue weighted by molar-refractivity contribution is 6.00. The number of rotatable bonds is 6. The Hall–Kier alpha value is -2.37. The van der Waals surface area contributed by atoms with E-state index in [1.165, 1.54) is 6.92 Å². The molecule has 23 heavy (non-hydrogen) atoms. The Morgan fingerprint density at radius 1 is 1.13 bits per heavy atom. The van der Waals surface area contributed by atoms with Crippen LogP contribution in [-0.4, -0.2) is 30.0 Å². The molecule has 1 aliphatic heterocycles. The van der Waals surface area contributed by atoms with Gasteiger partial charge in [-0.1, -0.05) is 30.3 Å². The Morgan fingerprint density at radius 3 is 2.17 bits per heavy atom. The summed E-state index contributed by atoms with van der Waals surface area (Å²) in [6, 6.07) is 9.48. The van der Waals surface area contributed by atoms with Gasteiger partial charge in [0.15, 0.2) is 0 Å². The standard InChI is InChI=1S/C13H16O4.C4H7NO/c1-11(14)16-9-5-8-13(15)17-10-12-6-3-2-4-7-12;1-4(2)3(6)5-4/h2-4,6-7H,5,8-10H2,1H3;1-2H3,(H,5,6). The van der Waals surface area contributed by atoms with E-state index in [0.29, 0.717) is 6.42 Å². The number of carbonyl (C=O) groups is 3. The lowest BCUT2D eigenvalue weighted by atomic mass is 10.2. The second kappa shape index (κ2) is 8.92. The van der Waals surface area contributed by atoms with Gasteiger partial charge in [0.2, 0.25) is 5.91 Å². The Balaban J connectivity index is 0.000000366. The number of carbonyl (C=O) groups excluding carboxylic acids is 3. The van der Waals surface area contributed by atoms with Gasteiger partial charge in [0, 0.05) is 13.3 Å². The molecule has 0 saturated carbocycles. The molecule has 1 aromatic rings. The molecule has 0 atom stereocenters. The van der Waals surface area contributed by atoms with E-state index in [4.69, 9.17) is 9.47 Å². The van der Waals surface area contributed by atoms with Crippen LogP contribution < -0.4 is 5.32 Å². The second-order valence-electron chi connectivity index (χ2n) is 5.67. The highest BCUT2D eigenvalue weighted by Crippen LogP contribution is 2.14. The molecule has 1 aliphatic rings. The van der Waals surface area contributed by atoms with Crippen LogP contribution in [0.4, 0.5) is 0 Å². The number of benzene rings is 1. The molecule has 6 nitrogen and oxygen atoms in total. The summed E-state index contributed by atoms with van der Waals surface area (Å²) < 4.78 is 9.76. The third-order valence-corrected chi connectivity index (χ3v) is 3.00. The van der Waals surface area contributed by atoms with Gasteiger partial charge >= 0.3 is 11.9 Å². The van der Waals surface area contributed by atoms with E-state index in [1.54, 1.807) is 0 Å². The maximum atomic E-state index is 11.3. The third kappa shape index (κ3) is 8.60. The molecule has 1 aromatic carbocycles. The smallest absolute Gasteiger partial charge is 0.306 e. The average molecular weight is 321 g/mol. The number of esters is 2. The Bertz CT molecular complexity index is 539. The summed E-state index contributed by atoms with van der Waals surface area (Å²) in [6.07, 6.45) is 0.757. The van der Waals surface area contributed by atoms with E-state index in [9.17, 15) is 14.4 Å². The van der Waals surface area contributed by atoms with Crippen molar-refractivity contribution < 1.29 is 23.9 Å². The normalized spacial score (nSPS) is 14.0. The van der Waals surface area contributed by atoms with Crippen molar-refractivity contribution in [2.75, 3.05) is 6.61 Å². The first kappa shape index (κ1) is 18.7. The lowest BCUT2D eigenvalue weighted by molar-refractivity contribution is -0.147. The van der Waals surface area contributed by atoms with Gasteiger partial charge in [-0.15, -0.1) is 0 Å². The zero-order valence-corrected chi connectivity index (χ0v) is 13.8. The number of ether oxygens (including phenoxy) is 2. The van der Waals surface area contributed by atoms with Crippen LogP contribution in [0.25, 0.3) is 0 Å². The molecule has 1 N–H and O–H groups in total. The predicted octanol–water partition coefficient (Wildman–Crippen LogP) is 1.97. The van der Waals surface area contributed by atoms with Crippen molar-refractivity contribution >= 4 is 17.8 Å². The van der Waals surface area contributed by atoms with E-state index in [0.717, 1.165) is 5.56 Å². The molecule has 0 aliphatic carbocycles. The SMILES string of the molecule is CC(=O)OCCCC(=O)OCc1ccccc1.CC1(C)NC1=O. The van der Waals surface area contributed by atoms with Crippen molar-refractivity contribution in [3.05, 3.63) is 35.9 Å². The summed E-state index contributed by atoms with van der Waals surface area (Å²) in [4.78, 5) is 31.9. The fraction of sp³-hybridized carbons (Fsp3) is 0.471. The number of hydrogen-bond donors (Lipinski definition) is 1. The van der Waals surface area contributed by atoms with Crippen molar-refractivity contribution in [1.82, 2.24) is 5.32 Å². The van der Waals surface area contributed by atoms with E-state index >= 15 is 0 Å². The van der Waals surface area contributed by atoms with Crippen molar-refractivity contribution in [1.29, 1.82) is 0 Å².